The molecular weight excluding hydrogens is 215 g/mol. The average molecular weight is 223 g/mol. The first-order valence-corrected chi connectivity index (χ1v) is 4.78. The fourth-order valence-corrected chi connectivity index (χ4v) is 1.83. The predicted molar refractivity (Wildman–Crippen MR) is 46.5 cm³/mol. The maximum Gasteiger partial charge on any atom is 0.395 e. The van der Waals surface area contributed by atoms with Gasteiger partial charge in [0.2, 0.25) is 0 Å². The van der Waals surface area contributed by atoms with Crippen LogP contribution >= 0.6 is 11.3 Å². The van der Waals surface area contributed by atoms with Gasteiger partial charge in [-0.15, -0.1) is 11.3 Å². The Balaban J connectivity index is 2.74. The molecule has 0 radical (unpaired) electrons. The Morgan fingerprint density at radius 1 is 1.57 bits per heavy atom. The molecule has 0 aromatic carbocycles. The molecule has 2 nitrogen and oxygen atoms in total. The molecule has 0 fully saturated rings. The van der Waals surface area contributed by atoms with E-state index in [1.807, 2.05) is 0 Å². The van der Waals surface area contributed by atoms with Gasteiger partial charge in [-0.1, -0.05) is 6.92 Å². The maximum atomic E-state index is 11.9. The van der Waals surface area contributed by atoms with E-state index in [4.69, 9.17) is 0 Å². The van der Waals surface area contributed by atoms with Crippen LogP contribution in [0.1, 0.15) is 28.0 Å². The average Bonchev–Trinajstić information content (AvgIpc) is 2.48. The summed E-state index contributed by atoms with van der Waals surface area (Å²) in [5.74, 6) is -0.170. The zero-order valence-electron chi connectivity index (χ0n) is 7.39. The van der Waals surface area contributed by atoms with Crippen LogP contribution < -0.4 is 0 Å². The van der Waals surface area contributed by atoms with Crippen LogP contribution in [0.3, 0.4) is 0 Å². The molecule has 1 aromatic heterocycles. The van der Waals surface area contributed by atoms with E-state index in [2.05, 4.69) is 4.98 Å². The number of rotatable bonds is 3. The number of hydrogen-bond donors (Lipinski definition) is 0. The lowest BCUT2D eigenvalue weighted by Crippen LogP contribution is -2.10. The molecule has 0 aliphatic carbocycles. The van der Waals surface area contributed by atoms with Gasteiger partial charge in [-0.25, -0.2) is 4.98 Å². The Hall–Kier alpha value is -0.910. The van der Waals surface area contributed by atoms with Crippen molar-refractivity contribution in [3.63, 3.8) is 0 Å². The fourth-order valence-electron chi connectivity index (χ4n) is 0.867. The lowest BCUT2D eigenvalue weighted by atomic mass is 10.3. The summed E-state index contributed by atoms with van der Waals surface area (Å²) in [5, 5.41) is -0.0608. The number of nitrogens with zero attached hydrogens (tertiary/aromatic N) is 1. The van der Waals surface area contributed by atoms with Gasteiger partial charge in [0.15, 0.2) is 5.78 Å². The first-order chi connectivity index (χ1) is 6.42. The van der Waals surface area contributed by atoms with Gasteiger partial charge in [0.05, 0.1) is 11.3 Å². The SMILES string of the molecule is CCC(=O)c1cnc(CC(F)(F)F)s1. The van der Waals surface area contributed by atoms with Crippen molar-refractivity contribution >= 4 is 17.1 Å². The molecule has 1 rings (SSSR count). The number of carbonyl (C=O) groups is 1. The highest BCUT2D eigenvalue weighted by molar-refractivity contribution is 7.13. The number of ketones is 1. The minimum atomic E-state index is -4.26. The van der Waals surface area contributed by atoms with Crippen LogP contribution in [0.4, 0.5) is 13.2 Å². The van der Waals surface area contributed by atoms with E-state index in [9.17, 15) is 18.0 Å². The van der Waals surface area contributed by atoms with Gasteiger partial charge >= 0.3 is 6.18 Å². The van der Waals surface area contributed by atoms with Gasteiger partial charge in [0, 0.05) is 12.6 Å². The summed E-state index contributed by atoms with van der Waals surface area (Å²) in [4.78, 5) is 14.9. The summed E-state index contributed by atoms with van der Waals surface area (Å²) < 4.78 is 35.7. The van der Waals surface area contributed by atoms with Crippen molar-refractivity contribution in [1.82, 2.24) is 4.98 Å². The molecule has 78 valence electrons. The summed E-state index contributed by atoms with van der Waals surface area (Å²) in [7, 11) is 0. The van der Waals surface area contributed by atoms with Crippen LogP contribution in [0.2, 0.25) is 0 Å². The standard InChI is InChI=1S/C8H8F3NOS/c1-2-5(13)6-4-12-7(14-6)3-8(9,10)11/h4H,2-3H2,1H3. The molecule has 0 bridgehead atoms. The molecule has 0 amide bonds. The highest BCUT2D eigenvalue weighted by atomic mass is 32.1. The molecule has 0 aliphatic heterocycles. The number of Topliss-reactive ketones (excluding diaryl/α,β-unsaturated/α-hetero) is 1. The molecule has 0 spiro atoms. The summed E-state index contributed by atoms with van der Waals surface area (Å²) in [6.07, 6.45) is -3.83. The molecule has 1 heterocycles. The Morgan fingerprint density at radius 3 is 2.71 bits per heavy atom. The van der Waals surface area contributed by atoms with E-state index in [1.54, 1.807) is 6.92 Å². The van der Waals surface area contributed by atoms with Crippen LogP contribution in [0.25, 0.3) is 0 Å². The highest BCUT2D eigenvalue weighted by Gasteiger charge is 2.29. The summed E-state index contributed by atoms with van der Waals surface area (Å²) in [6, 6.07) is 0. The molecule has 0 N–H and O–H groups in total. The smallest absolute Gasteiger partial charge is 0.293 e. The van der Waals surface area contributed by atoms with E-state index in [0.717, 1.165) is 11.3 Å². The van der Waals surface area contributed by atoms with Crippen molar-refractivity contribution in [2.45, 2.75) is 25.9 Å². The second-order valence-electron chi connectivity index (χ2n) is 2.69. The molecule has 0 saturated heterocycles. The Kier molecular flexibility index (Phi) is 3.25. The van der Waals surface area contributed by atoms with Gasteiger partial charge in [-0.3, -0.25) is 4.79 Å². The topological polar surface area (TPSA) is 30.0 Å². The lowest BCUT2D eigenvalue weighted by molar-refractivity contribution is -0.127. The molecule has 0 atom stereocenters. The third-order valence-electron chi connectivity index (χ3n) is 1.50. The number of alkyl halides is 3. The third kappa shape index (κ3) is 3.10. The highest BCUT2D eigenvalue weighted by Crippen LogP contribution is 2.24. The van der Waals surface area contributed by atoms with Gasteiger partial charge in [0.25, 0.3) is 0 Å². The maximum absolute atomic E-state index is 11.9. The van der Waals surface area contributed by atoms with Crippen molar-refractivity contribution < 1.29 is 18.0 Å². The van der Waals surface area contributed by atoms with Crippen LogP contribution in [0.5, 0.6) is 0 Å². The molecule has 0 saturated carbocycles. The zero-order chi connectivity index (χ0) is 10.8. The number of hydrogen-bond acceptors (Lipinski definition) is 3. The first kappa shape index (κ1) is 11.2. The van der Waals surface area contributed by atoms with Gasteiger partial charge < -0.3 is 0 Å². The molecule has 6 heteroatoms. The monoisotopic (exact) mass is 223 g/mol. The van der Waals surface area contributed by atoms with E-state index in [-0.39, 0.29) is 17.2 Å². The molecule has 1 aromatic rings. The first-order valence-electron chi connectivity index (χ1n) is 3.97. The van der Waals surface area contributed by atoms with Crippen molar-refractivity contribution in [3.8, 4) is 0 Å². The van der Waals surface area contributed by atoms with Crippen molar-refractivity contribution in [3.05, 3.63) is 16.1 Å². The zero-order valence-corrected chi connectivity index (χ0v) is 8.21. The fraction of sp³-hybridized carbons (Fsp3) is 0.500. The second kappa shape index (κ2) is 4.08. The van der Waals surface area contributed by atoms with E-state index >= 15 is 0 Å². The van der Waals surface area contributed by atoms with Crippen LogP contribution in [0.15, 0.2) is 6.20 Å². The number of carbonyl (C=O) groups excluding carboxylic acids is 1. The third-order valence-corrected chi connectivity index (χ3v) is 2.54. The summed E-state index contributed by atoms with van der Waals surface area (Å²) in [6.45, 7) is 1.66. The van der Waals surface area contributed by atoms with E-state index in [0.29, 0.717) is 4.88 Å². The lowest BCUT2D eigenvalue weighted by Gasteiger charge is -2.01. The summed E-state index contributed by atoms with van der Waals surface area (Å²) >= 11 is 0.812. The summed E-state index contributed by atoms with van der Waals surface area (Å²) in [5.41, 5.74) is 0. The van der Waals surface area contributed by atoms with Crippen LogP contribution in [0, 0.1) is 0 Å². The number of halogens is 3. The minimum Gasteiger partial charge on any atom is -0.293 e. The Bertz CT molecular complexity index is 332. The van der Waals surface area contributed by atoms with Crippen molar-refractivity contribution in [2.24, 2.45) is 0 Å². The van der Waals surface area contributed by atoms with E-state index in [1.165, 1.54) is 6.20 Å². The normalized spacial score (nSPS) is 11.7. The van der Waals surface area contributed by atoms with Crippen LogP contribution in [-0.2, 0) is 6.42 Å². The predicted octanol–water partition coefficient (Wildman–Crippen LogP) is 2.84. The minimum absolute atomic E-state index is 0.0608. The number of thiazole rings is 1. The van der Waals surface area contributed by atoms with Gasteiger partial charge in [-0.2, -0.15) is 13.2 Å². The largest absolute Gasteiger partial charge is 0.395 e. The Morgan fingerprint density at radius 2 is 2.21 bits per heavy atom. The quantitative estimate of drug-likeness (QED) is 0.737. The molecule has 0 unspecified atom stereocenters. The number of aromatic nitrogens is 1. The molecular formula is C8H8F3NOS. The van der Waals surface area contributed by atoms with Crippen molar-refractivity contribution in [1.29, 1.82) is 0 Å². The molecule has 0 aliphatic rings. The second-order valence-corrected chi connectivity index (χ2v) is 3.80. The molecule has 14 heavy (non-hydrogen) atoms. The van der Waals surface area contributed by atoms with Gasteiger partial charge in [-0.05, 0) is 0 Å². The Labute approximate surface area is 82.8 Å². The van der Waals surface area contributed by atoms with Gasteiger partial charge in [0.1, 0.15) is 5.01 Å². The van der Waals surface area contributed by atoms with Crippen molar-refractivity contribution in [2.75, 3.05) is 0 Å². The van der Waals surface area contributed by atoms with E-state index < -0.39 is 12.6 Å². The van der Waals surface area contributed by atoms with Crippen LogP contribution in [-0.4, -0.2) is 16.9 Å².